The number of hydrogen-bond donors (Lipinski definition) is 1. The van der Waals surface area contributed by atoms with Gasteiger partial charge in [-0.2, -0.15) is 5.10 Å². The van der Waals surface area contributed by atoms with Crippen molar-refractivity contribution in [1.82, 2.24) is 10.4 Å². The molecule has 0 radical (unpaired) electrons. The largest absolute Gasteiger partial charge is 0.483 e. The number of ether oxygens (including phenoxy) is 2. The summed E-state index contributed by atoms with van der Waals surface area (Å²) in [6.07, 6.45) is 2.62. The number of aromatic nitrogens is 1. The molecule has 3 aromatic carbocycles. The maximum atomic E-state index is 12.0. The van der Waals surface area contributed by atoms with Gasteiger partial charge in [0.15, 0.2) is 6.61 Å². The van der Waals surface area contributed by atoms with Crippen molar-refractivity contribution >= 4 is 28.6 Å². The van der Waals surface area contributed by atoms with Gasteiger partial charge in [0.05, 0.1) is 11.1 Å². The standard InChI is InChI=1S/C24H18N4O5/c29-23(16-32-22-7-3-5-18-4-1-2-6-21(18)22)27-26-14-17-8-11-20(12-9-17)33-24-13-10-19(15-25-24)28(30)31/h1-15H,16H2,(H,27,29)/b26-14-. The Labute approximate surface area is 188 Å². The number of nitro groups is 1. The molecule has 1 aromatic heterocycles. The Morgan fingerprint density at radius 1 is 1.03 bits per heavy atom. The van der Waals surface area contributed by atoms with E-state index < -0.39 is 4.92 Å². The second-order valence-corrected chi connectivity index (χ2v) is 6.84. The van der Waals surface area contributed by atoms with Crippen LogP contribution in [0.3, 0.4) is 0 Å². The van der Waals surface area contributed by atoms with Gasteiger partial charge in [-0.15, -0.1) is 0 Å². The molecular formula is C24H18N4O5. The Morgan fingerprint density at radius 3 is 2.58 bits per heavy atom. The Bertz CT molecular complexity index is 1300. The molecule has 0 unspecified atom stereocenters. The molecule has 4 rings (SSSR count). The number of nitrogens with zero attached hydrogens (tertiary/aromatic N) is 3. The Morgan fingerprint density at radius 2 is 1.82 bits per heavy atom. The predicted molar refractivity (Wildman–Crippen MR) is 123 cm³/mol. The van der Waals surface area contributed by atoms with Crippen LogP contribution in [0.5, 0.6) is 17.4 Å². The first kappa shape index (κ1) is 21.4. The van der Waals surface area contributed by atoms with E-state index in [-0.39, 0.29) is 24.1 Å². The lowest BCUT2D eigenvalue weighted by molar-refractivity contribution is -0.385. The maximum absolute atomic E-state index is 12.0. The third-order valence-electron chi connectivity index (χ3n) is 4.55. The van der Waals surface area contributed by atoms with E-state index in [4.69, 9.17) is 9.47 Å². The summed E-state index contributed by atoms with van der Waals surface area (Å²) in [6, 6.07) is 23.0. The first-order valence-electron chi connectivity index (χ1n) is 9.89. The molecule has 164 valence electrons. The van der Waals surface area contributed by atoms with Gasteiger partial charge in [-0.25, -0.2) is 10.4 Å². The van der Waals surface area contributed by atoms with Crippen LogP contribution in [0.25, 0.3) is 10.8 Å². The molecule has 0 aliphatic rings. The van der Waals surface area contributed by atoms with Gasteiger partial charge in [-0.05, 0) is 41.3 Å². The Hall–Kier alpha value is -4.79. The van der Waals surface area contributed by atoms with Gasteiger partial charge in [-0.3, -0.25) is 14.9 Å². The minimum atomic E-state index is -0.528. The lowest BCUT2D eigenvalue weighted by Gasteiger charge is -2.08. The summed E-state index contributed by atoms with van der Waals surface area (Å²) in [5, 5.41) is 16.6. The van der Waals surface area contributed by atoms with E-state index in [1.54, 1.807) is 24.3 Å². The van der Waals surface area contributed by atoms with Crippen molar-refractivity contribution in [2.45, 2.75) is 0 Å². The molecule has 9 heteroatoms. The summed E-state index contributed by atoms with van der Waals surface area (Å²) < 4.78 is 11.2. The molecule has 0 aliphatic carbocycles. The first-order chi connectivity index (χ1) is 16.1. The van der Waals surface area contributed by atoms with Crippen LogP contribution in [0.2, 0.25) is 0 Å². The van der Waals surface area contributed by atoms with Crippen molar-refractivity contribution in [1.29, 1.82) is 0 Å². The van der Waals surface area contributed by atoms with E-state index in [1.165, 1.54) is 18.3 Å². The number of nitrogens with one attached hydrogen (secondary N) is 1. The fourth-order valence-electron chi connectivity index (χ4n) is 2.96. The first-order valence-corrected chi connectivity index (χ1v) is 9.89. The molecule has 0 atom stereocenters. The van der Waals surface area contributed by atoms with Crippen LogP contribution in [0, 0.1) is 10.1 Å². The molecule has 9 nitrogen and oxygen atoms in total. The van der Waals surface area contributed by atoms with Gasteiger partial charge in [0.2, 0.25) is 5.88 Å². The quantitative estimate of drug-likeness (QED) is 0.245. The van der Waals surface area contributed by atoms with Gasteiger partial charge >= 0.3 is 0 Å². The number of amides is 1. The minimum absolute atomic E-state index is 0.113. The van der Waals surface area contributed by atoms with E-state index >= 15 is 0 Å². The molecule has 0 aliphatic heterocycles. The average molecular weight is 442 g/mol. The van der Waals surface area contributed by atoms with Crippen LogP contribution in [0.1, 0.15) is 5.56 Å². The summed E-state index contributed by atoms with van der Waals surface area (Å²) in [5.74, 6) is 0.982. The maximum Gasteiger partial charge on any atom is 0.287 e. The predicted octanol–water partition coefficient (Wildman–Crippen LogP) is 4.46. The number of rotatable bonds is 8. The van der Waals surface area contributed by atoms with Crippen LogP contribution < -0.4 is 14.9 Å². The van der Waals surface area contributed by atoms with Gasteiger partial charge in [-0.1, -0.05) is 36.4 Å². The van der Waals surface area contributed by atoms with Crippen molar-refractivity contribution < 1.29 is 19.2 Å². The van der Waals surface area contributed by atoms with Crippen molar-refractivity contribution in [3.63, 3.8) is 0 Å². The molecule has 0 saturated heterocycles. The van der Waals surface area contributed by atoms with Crippen LogP contribution in [-0.2, 0) is 4.79 Å². The molecule has 0 spiro atoms. The molecule has 33 heavy (non-hydrogen) atoms. The zero-order valence-corrected chi connectivity index (χ0v) is 17.3. The molecule has 4 aromatic rings. The number of carbonyl (C=O) groups excluding carboxylic acids is 1. The van der Waals surface area contributed by atoms with Crippen molar-refractivity contribution in [2.24, 2.45) is 5.10 Å². The van der Waals surface area contributed by atoms with E-state index in [9.17, 15) is 14.9 Å². The number of carbonyl (C=O) groups is 1. The number of benzene rings is 3. The molecular weight excluding hydrogens is 424 g/mol. The highest BCUT2D eigenvalue weighted by Gasteiger charge is 2.07. The molecule has 1 amide bonds. The Balaban J connectivity index is 1.27. The molecule has 1 N–H and O–H groups in total. The van der Waals surface area contributed by atoms with Crippen molar-refractivity contribution in [3.8, 4) is 17.4 Å². The normalized spacial score (nSPS) is 10.8. The number of fused-ring (bicyclic) bond motifs is 1. The second-order valence-electron chi connectivity index (χ2n) is 6.84. The van der Waals surface area contributed by atoms with Crippen LogP contribution in [0.15, 0.2) is 90.2 Å². The summed E-state index contributed by atoms with van der Waals surface area (Å²) in [7, 11) is 0. The smallest absolute Gasteiger partial charge is 0.287 e. The third kappa shape index (κ3) is 5.67. The highest BCUT2D eigenvalue weighted by molar-refractivity contribution is 5.89. The second kappa shape index (κ2) is 10.0. The van der Waals surface area contributed by atoms with Crippen LogP contribution >= 0.6 is 0 Å². The molecule has 0 fully saturated rings. The van der Waals surface area contributed by atoms with Crippen molar-refractivity contribution in [3.05, 3.63) is 101 Å². The third-order valence-corrected chi connectivity index (χ3v) is 4.55. The van der Waals surface area contributed by atoms with E-state index in [1.807, 2.05) is 42.5 Å². The van der Waals surface area contributed by atoms with Gasteiger partial charge in [0.25, 0.3) is 11.6 Å². The SMILES string of the molecule is O=C(COc1cccc2ccccc12)N/N=C\c1ccc(Oc2ccc([N+](=O)[O-])cn2)cc1. The summed E-state index contributed by atoms with van der Waals surface area (Å²) >= 11 is 0. The van der Waals surface area contributed by atoms with Gasteiger partial charge < -0.3 is 9.47 Å². The molecule has 1 heterocycles. The van der Waals surface area contributed by atoms with E-state index in [0.717, 1.165) is 22.5 Å². The fourth-order valence-corrected chi connectivity index (χ4v) is 2.96. The summed E-state index contributed by atoms with van der Waals surface area (Å²) in [6.45, 7) is -0.166. The Kier molecular flexibility index (Phi) is 6.51. The van der Waals surface area contributed by atoms with Crippen LogP contribution in [0.4, 0.5) is 5.69 Å². The van der Waals surface area contributed by atoms with E-state index in [0.29, 0.717) is 11.5 Å². The van der Waals surface area contributed by atoms with Gasteiger partial charge in [0.1, 0.15) is 17.7 Å². The number of hydrogen-bond acceptors (Lipinski definition) is 7. The lowest BCUT2D eigenvalue weighted by Crippen LogP contribution is -2.24. The summed E-state index contributed by atoms with van der Waals surface area (Å²) in [5.41, 5.74) is 3.05. The number of hydrazone groups is 1. The average Bonchev–Trinajstić information content (AvgIpc) is 2.84. The highest BCUT2D eigenvalue weighted by atomic mass is 16.6. The highest BCUT2D eigenvalue weighted by Crippen LogP contribution is 2.25. The molecule has 0 saturated carbocycles. The lowest BCUT2D eigenvalue weighted by atomic mass is 10.1. The van der Waals surface area contributed by atoms with Gasteiger partial charge in [0, 0.05) is 17.5 Å². The minimum Gasteiger partial charge on any atom is -0.483 e. The topological polar surface area (TPSA) is 116 Å². The summed E-state index contributed by atoms with van der Waals surface area (Å²) in [4.78, 5) is 26.1. The number of pyridine rings is 1. The monoisotopic (exact) mass is 442 g/mol. The van der Waals surface area contributed by atoms with E-state index in [2.05, 4.69) is 15.5 Å². The molecule has 0 bridgehead atoms. The fraction of sp³-hybridized carbons (Fsp3) is 0.0417. The zero-order chi connectivity index (χ0) is 23.0. The van der Waals surface area contributed by atoms with Crippen LogP contribution in [-0.4, -0.2) is 28.6 Å². The zero-order valence-electron chi connectivity index (χ0n) is 17.3. The van der Waals surface area contributed by atoms with Crippen molar-refractivity contribution in [2.75, 3.05) is 6.61 Å².